The molecule has 3 heteroatoms. The molecular weight excluding hydrogens is 226 g/mol. The summed E-state index contributed by atoms with van der Waals surface area (Å²) in [6.45, 7) is 10.6. The van der Waals surface area contributed by atoms with Crippen LogP contribution in [0.3, 0.4) is 0 Å². The van der Waals surface area contributed by atoms with Crippen molar-refractivity contribution in [3.8, 4) is 0 Å². The zero-order chi connectivity index (χ0) is 13.6. The van der Waals surface area contributed by atoms with Crippen LogP contribution < -0.4 is 0 Å². The topological polar surface area (TPSA) is 29.5 Å². The first-order valence-electron chi connectivity index (χ1n) is 6.93. The summed E-state index contributed by atoms with van der Waals surface area (Å²) in [7, 11) is 0. The molecule has 1 amide bonds. The molecule has 0 spiro atoms. The van der Waals surface area contributed by atoms with Gasteiger partial charge in [-0.25, -0.2) is 0 Å². The van der Waals surface area contributed by atoms with E-state index in [0.717, 1.165) is 25.9 Å². The molecule has 0 saturated carbocycles. The average Bonchev–Trinajstić information content (AvgIpc) is 2.27. The minimum absolute atomic E-state index is 0.0653. The van der Waals surface area contributed by atoms with Crippen LogP contribution in [0, 0.1) is 5.41 Å². The minimum atomic E-state index is 0.0653. The molecule has 0 aromatic heterocycles. The molecule has 0 aromatic rings. The van der Waals surface area contributed by atoms with E-state index in [1.54, 1.807) is 0 Å². The largest absolute Gasteiger partial charge is 0.372 e. The molecule has 1 fully saturated rings. The van der Waals surface area contributed by atoms with Crippen molar-refractivity contribution in [2.75, 3.05) is 19.7 Å². The van der Waals surface area contributed by atoms with Gasteiger partial charge in [0.2, 0.25) is 5.91 Å². The summed E-state index contributed by atoms with van der Waals surface area (Å²) in [5.74, 6) is 0.266. The van der Waals surface area contributed by atoms with Crippen LogP contribution in [0.15, 0.2) is 12.2 Å². The SMILES string of the molecule is C/C=C\COC1CCCN(C(=O)CC(C)(C)C)C1. The lowest BCUT2D eigenvalue weighted by Gasteiger charge is -2.34. The van der Waals surface area contributed by atoms with Crippen molar-refractivity contribution < 1.29 is 9.53 Å². The maximum Gasteiger partial charge on any atom is 0.223 e. The number of nitrogens with zero attached hydrogens (tertiary/aromatic N) is 1. The normalized spacial score (nSPS) is 21.6. The second-order valence-electron chi connectivity index (χ2n) is 6.24. The summed E-state index contributed by atoms with van der Waals surface area (Å²) in [6, 6.07) is 0. The Kier molecular flexibility index (Phi) is 5.86. The Morgan fingerprint density at radius 3 is 2.78 bits per heavy atom. The van der Waals surface area contributed by atoms with Crippen LogP contribution in [0.5, 0.6) is 0 Å². The summed E-state index contributed by atoms with van der Waals surface area (Å²) in [5.41, 5.74) is 0.0653. The maximum absolute atomic E-state index is 12.1. The molecule has 0 N–H and O–H groups in total. The minimum Gasteiger partial charge on any atom is -0.372 e. The average molecular weight is 253 g/mol. The fraction of sp³-hybridized carbons (Fsp3) is 0.800. The summed E-state index contributed by atoms with van der Waals surface area (Å²) in [5, 5.41) is 0. The second-order valence-corrected chi connectivity index (χ2v) is 6.24. The van der Waals surface area contributed by atoms with Gasteiger partial charge in [0.1, 0.15) is 0 Å². The van der Waals surface area contributed by atoms with E-state index in [9.17, 15) is 4.79 Å². The third-order valence-electron chi connectivity index (χ3n) is 3.08. The van der Waals surface area contributed by atoms with Gasteiger partial charge in [-0.2, -0.15) is 0 Å². The van der Waals surface area contributed by atoms with Gasteiger partial charge in [-0.15, -0.1) is 0 Å². The number of hydrogen-bond acceptors (Lipinski definition) is 2. The van der Waals surface area contributed by atoms with Crippen molar-refractivity contribution in [1.82, 2.24) is 4.90 Å². The Bertz CT molecular complexity index is 291. The number of amides is 1. The predicted octanol–water partition coefficient (Wildman–Crippen LogP) is 3.01. The Morgan fingerprint density at radius 2 is 2.17 bits per heavy atom. The van der Waals surface area contributed by atoms with Crippen molar-refractivity contribution in [3.05, 3.63) is 12.2 Å². The highest BCUT2D eigenvalue weighted by atomic mass is 16.5. The molecule has 1 aliphatic rings. The Morgan fingerprint density at radius 1 is 1.44 bits per heavy atom. The first-order chi connectivity index (χ1) is 8.42. The van der Waals surface area contributed by atoms with Crippen LogP contribution in [0.4, 0.5) is 0 Å². The van der Waals surface area contributed by atoms with E-state index in [-0.39, 0.29) is 17.4 Å². The highest BCUT2D eigenvalue weighted by Crippen LogP contribution is 2.22. The van der Waals surface area contributed by atoms with E-state index in [4.69, 9.17) is 4.74 Å². The van der Waals surface area contributed by atoms with E-state index in [1.807, 2.05) is 24.0 Å². The van der Waals surface area contributed by atoms with Crippen molar-refractivity contribution in [2.45, 2.75) is 53.1 Å². The van der Waals surface area contributed by atoms with Gasteiger partial charge in [0, 0.05) is 19.5 Å². The van der Waals surface area contributed by atoms with Crippen molar-refractivity contribution in [2.24, 2.45) is 5.41 Å². The van der Waals surface area contributed by atoms with E-state index >= 15 is 0 Å². The third kappa shape index (κ3) is 5.67. The molecule has 18 heavy (non-hydrogen) atoms. The number of hydrogen-bond donors (Lipinski definition) is 0. The van der Waals surface area contributed by atoms with Crippen LogP contribution in [-0.4, -0.2) is 36.6 Å². The number of ether oxygens (including phenoxy) is 1. The fourth-order valence-corrected chi connectivity index (χ4v) is 2.15. The summed E-state index contributed by atoms with van der Waals surface area (Å²) in [4.78, 5) is 14.1. The van der Waals surface area contributed by atoms with Gasteiger partial charge in [-0.1, -0.05) is 32.9 Å². The molecule has 1 rings (SSSR count). The van der Waals surface area contributed by atoms with Gasteiger partial charge >= 0.3 is 0 Å². The Labute approximate surface area is 111 Å². The number of carbonyl (C=O) groups excluding carboxylic acids is 1. The number of allylic oxidation sites excluding steroid dienone is 1. The predicted molar refractivity (Wildman–Crippen MR) is 74.4 cm³/mol. The lowest BCUT2D eigenvalue weighted by molar-refractivity contribution is -0.137. The van der Waals surface area contributed by atoms with E-state index in [2.05, 4.69) is 20.8 Å². The lowest BCUT2D eigenvalue weighted by atomic mass is 9.91. The zero-order valence-electron chi connectivity index (χ0n) is 12.2. The first-order valence-corrected chi connectivity index (χ1v) is 6.93. The molecule has 1 aliphatic heterocycles. The lowest BCUT2D eigenvalue weighted by Crippen LogP contribution is -2.44. The number of rotatable bonds is 4. The van der Waals surface area contributed by atoms with E-state index in [1.165, 1.54) is 0 Å². The van der Waals surface area contributed by atoms with Crippen molar-refractivity contribution >= 4 is 5.91 Å². The van der Waals surface area contributed by atoms with Crippen LogP contribution >= 0.6 is 0 Å². The highest BCUT2D eigenvalue weighted by molar-refractivity contribution is 5.76. The van der Waals surface area contributed by atoms with Crippen molar-refractivity contribution in [3.63, 3.8) is 0 Å². The molecule has 1 atom stereocenters. The van der Waals surface area contributed by atoms with Crippen LogP contribution in [0.25, 0.3) is 0 Å². The van der Waals surface area contributed by atoms with Crippen LogP contribution in [0.2, 0.25) is 0 Å². The summed E-state index contributed by atoms with van der Waals surface area (Å²) < 4.78 is 5.75. The monoisotopic (exact) mass is 253 g/mol. The van der Waals surface area contributed by atoms with Crippen LogP contribution in [0.1, 0.15) is 47.0 Å². The zero-order valence-corrected chi connectivity index (χ0v) is 12.2. The molecule has 104 valence electrons. The Hall–Kier alpha value is -0.830. The van der Waals surface area contributed by atoms with E-state index < -0.39 is 0 Å². The maximum atomic E-state index is 12.1. The molecule has 1 saturated heterocycles. The van der Waals surface area contributed by atoms with Crippen molar-refractivity contribution in [1.29, 1.82) is 0 Å². The number of piperidine rings is 1. The number of carbonyl (C=O) groups is 1. The molecule has 1 unspecified atom stereocenters. The van der Waals surface area contributed by atoms with Gasteiger partial charge in [-0.05, 0) is 25.2 Å². The molecular formula is C15H27NO2. The van der Waals surface area contributed by atoms with Gasteiger partial charge in [0.25, 0.3) is 0 Å². The van der Waals surface area contributed by atoms with Gasteiger partial charge in [0.05, 0.1) is 12.7 Å². The molecule has 0 radical (unpaired) electrons. The second kappa shape index (κ2) is 6.93. The molecule has 3 nitrogen and oxygen atoms in total. The van der Waals surface area contributed by atoms with Crippen LogP contribution in [-0.2, 0) is 9.53 Å². The first kappa shape index (κ1) is 15.2. The molecule has 0 bridgehead atoms. The Balaban J connectivity index is 2.40. The summed E-state index contributed by atoms with van der Waals surface area (Å²) >= 11 is 0. The van der Waals surface area contributed by atoms with E-state index in [0.29, 0.717) is 13.0 Å². The van der Waals surface area contributed by atoms with Gasteiger partial charge in [0.15, 0.2) is 0 Å². The highest BCUT2D eigenvalue weighted by Gasteiger charge is 2.26. The molecule has 0 aromatic carbocycles. The summed E-state index contributed by atoms with van der Waals surface area (Å²) in [6.07, 6.45) is 6.95. The standard InChI is InChI=1S/C15H27NO2/c1-5-6-10-18-13-8-7-9-16(12-13)14(17)11-15(2,3)4/h5-6,13H,7-12H2,1-4H3/b6-5-. The van der Waals surface area contributed by atoms with Gasteiger partial charge < -0.3 is 9.64 Å². The number of likely N-dealkylation sites (tertiary alicyclic amines) is 1. The third-order valence-corrected chi connectivity index (χ3v) is 3.08. The fourth-order valence-electron chi connectivity index (χ4n) is 2.15. The smallest absolute Gasteiger partial charge is 0.223 e. The van der Waals surface area contributed by atoms with Gasteiger partial charge in [-0.3, -0.25) is 4.79 Å². The quantitative estimate of drug-likeness (QED) is 0.721. The molecule has 1 heterocycles. The molecule has 0 aliphatic carbocycles.